The number of aryl methyl sites for hydroxylation is 2. The van der Waals surface area contributed by atoms with Crippen molar-refractivity contribution in [1.82, 2.24) is 14.8 Å². The highest BCUT2D eigenvalue weighted by Crippen LogP contribution is 2.28. The van der Waals surface area contributed by atoms with Gasteiger partial charge >= 0.3 is 0 Å². The Labute approximate surface area is 169 Å². The van der Waals surface area contributed by atoms with Crippen molar-refractivity contribution in [3.8, 4) is 11.4 Å². The van der Waals surface area contributed by atoms with Crippen LogP contribution in [0, 0.1) is 0 Å². The maximum Gasteiger partial charge on any atom is 0.237 e. The smallest absolute Gasteiger partial charge is 0.237 e. The highest BCUT2D eigenvalue weighted by atomic mass is 32.2. The summed E-state index contributed by atoms with van der Waals surface area (Å²) in [6, 6.07) is 16.3. The zero-order valence-corrected chi connectivity index (χ0v) is 17.0. The van der Waals surface area contributed by atoms with Gasteiger partial charge in [-0.05, 0) is 56.4 Å². The molecule has 1 aliphatic rings. The Hall–Kier alpha value is -2.60. The summed E-state index contributed by atoms with van der Waals surface area (Å²) in [6.07, 6.45) is 3.45. The third-order valence-electron chi connectivity index (χ3n) is 5.08. The van der Waals surface area contributed by atoms with Crippen LogP contribution in [0.25, 0.3) is 11.4 Å². The van der Waals surface area contributed by atoms with Gasteiger partial charge in [0.25, 0.3) is 0 Å². The molecule has 0 fully saturated rings. The second kappa shape index (κ2) is 8.19. The zero-order chi connectivity index (χ0) is 19.5. The standard InChI is InChI=1S/C22H24N4OS/c1-3-26-20(17-8-5-4-6-9-17)24-25-22(26)28-15(2)21(27)23-19-13-12-16-10-7-11-18(16)14-19/h4-6,8-9,12-15H,3,7,10-11H2,1-2H3,(H,23,27)/t15-/m1/s1. The summed E-state index contributed by atoms with van der Waals surface area (Å²) in [5, 5.41) is 12.2. The molecular formula is C22H24N4OS. The second-order valence-electron chi connectivity index (χ2n) is 7.00. The Kier molecular flexibility index (Phi) is 5.48. The zero-order valence-electron chi connectivity index (χ0n) is 16.2. The van der Waals surface area contributed by atoms with Crippen LogP contribution < -0.4 is 5.32 Å². The molecule has 1 N–H and O–H groups in total. The predicted octanol–water partition coefficient (Wildman–Crippen LogP) is 4.57. The minimum absolute atomic E-state index is 0.0186. The normalized spacial score (nSPS) is 13.9. The quantitative estimate of drug-likeness (QED) is 0.624. The van der Waals surface area contributed by atoms with Gasteiger partial charge in [-0.1, -0.05) is 48.2 Å². The minimum atomic E-state index is -0.272. The fourth-order valence-electron chi connectivity index (χ4n) is 3.57. The van der Waals surface area contributed by atoms with Gasteiger partial charge in [-0.3, -0.25) is 4.79 Å². The Balaban J connectivity index is 1.46. The van der Waals surface area contributed by atoms with Crippen molar-refractivity contribution < 1.29 is 4.79 Å². The SMILES string of the molecule is CCn1c(S[C@H](C)C(=O)Nc2ccc3c(c2)CCC3)nnc1-c1ccccc1. The van der Waals surface area contributed by atoms with Crippen molar-refractivity contribution in [2.45, 2.75) is 50.1 Å². The number of fused-ring (bicyclic) bond motifs is 1. The number of carbonyl (C=O) groups is 1. The molecule has 0 unspecified atom stereocenters. The van der Waals surface area contributed by atoms with Gasteiger partial charge in [-0.15, -0.1) is 10.2 Å². The number of anilines is 1. The van der Waals surface area contributed by atoms with Crippen LogP contribution in [-0.4, -0.2) is 25.9 Å². The maximum absolute atomic E-state index is 12.7. The molecule has 4 rings (SSSR count). The first-order chi connectivity index (χ1) is 13.7. The average Bonchev–Trinajstić information content (AvgIpc) is 3.34. The lowest BCUT2D eigenvalue weighted by Gasteiger charge is -2.13. The first kappa shape index (κ1) is 18.7. The van der Waals surface area contributed by atoms with Crippen molar-refractivity contribution in [2.24, 2.45) is 0 Å². The van der Waals surface area contributed by atoms with E-state index in [1.54, 1.807) is 0 Å². The van der Waals surface area contributed by atoms with E-state index in [1.165, 1.54) is 29.3 Å². The van der Waals surface area contributed by atoms with E-state index < -0.39 is 0 Å². The molecule has 1 heterocycles. The van der Waals surface area contributed by atoms with E-state index in [-0.39, 0.29) is 11.2 Å². The summed E-state index contributed by atoms with van der Waals surface area (Å²) < 4.78 is 2.05. The number of hydrogen-bond acceptors (Lipinski definition) is 4. The molecule has 28 heavy (non-hydrogen) atoms. The van der Waals surface area contributed by atoms with Crippen molar-refractivity contribution in [3.05, 3.63) is 59.7 Å². The number of nitrogens with zero attached hydrogens (tertiary/aromatic N) is 3. The molecule has 1 aliphatic carbocycles. The lowest BCUT2D eigenvalue weighted by molar-refractivity contribution is -0.115. The molecule has 0 saturated heterocycles. The van der Waals surface area contributed by atoms with Gasteiger partial charge in [0.1, 0.15) is 0 Å². The number of amides is 1. The van der Waals surface area contributed by atoms with Crippen LogP contribution in [0.1, 0.15) is 31.4 Å². The molecule has 5 nitrogen and oxygen atoms in total. The summed E-state index contributed by atoms with van der Waals surface area (Å²) in [5.74, 6) is 0.812. The fraction of sp³-hybridized carbons (Fsp3) is 0.318. The van der Waals surface area contributed by atoms with E-state index in [0.29, 0.717) is 0 Å². The van der Waals surface area contributed by atoms with Crippen LogP contribution in [0.3, 0.4) is 0 Å². The summed E-state index contributed by atoms with van der Waals surface area (Å²) in [7, 11) is 0. The van der Waals surface area contributed by atoms with E-state index in [1.807, 2.05) is 43.3 Å². The Morgan fingerprint density at radius 3 is 2.71 bits per heavy atom. The van der Waals surface area contributed by atoms with E-state index in [4.69, 9.17) is 0 Å². The molecule has 1 aromatic heterocycles. The van der Waals surface area contributed by atoms with E-state index >= 15 is 0 Å². The van der Waals surface area contributed by atoms with Crippen LogP contribution in [-0.2, 0) is 24.2 Å². The fourth-order valence-corrected chi connectivity index (χ4v) is 4.48. The molecule has 0 bridgehead atoms. The number of nitrogens with one attached hydrogen (secondary N) is 1. The third-order valence-corrected chi connectivity index (χ3v) is 6.16. The van der Waals surface area contributed by atoms with Gasteiger partial charge in [-0.25, -0.2) is 0 Å². The van der Waals surface area contributed by atoms with E-state index in [9.17, 15) is 4.79 Å². The third kappa shape index (κ3) is 3.83. The Bertz CT molecular complexity index is 983. The van der Waals surface area contributed by atoms with Gasteiger partial charge in [0, 0.05) is 17.8 Å². The molecule has 0 radical (unpaired) electrons. The summed E-state index contributed by atoms with van der Waals surface area (Å²) in [5.41, 5.74) is 4.67. The van der Waals surface area contributed by atoms with Gasteiger partial charge in [0.15, 0.2) is 11.0 Å². The highest BCUT2D eigenvalue weighted by Gasteiger charge is 2.21. The van der Waals surface area contributed by atoms with Crippen molar-refractivity contribution in [3.63, 3.8) is 0 Å². The lowest BCUT2D eigenvalue weighted by Crippen LogP contribution is -2.23. The number of aromatic nitrogens is 3. The molecule has 0 saturated carbocycles. The van der Waals surface area contributed by atoms with Gasteiger partial charge in [0.05, 0.1) is 5.25 Å². The number of benzene rings is 2. The second-order valence-corrected chi connectivity index (χ2v) is 8.31. The van der Waals surface area contributed by atoms with Crippen LogP contribution in [0.5, 0.6) is 0 Å². The molecule has 0 spiro atoms. The molecule has 6 heteroatoms. The monoisotopic (exact) mass is 392 g/mol. The van der Waals surface area contributed by atoms with Crippen LogP contribution >= 0.6 is 11.8 Å². The average molecular weight is 393 g/mol. The van der Waals surface area contributed by atoms with Crippen molar-refractivity contribution >= 4 is 23.4 Å². The molecular weight excluding hydrogens is 368 g/mol. The topological polar surface area (TPSA) is 59.8 Å². The van der Waals surface area contributed by atoms with E-state index in [2.05, 4.69) is 39.1 Å². The van der Waals surface area contributed by atoms with Crippen molar-refractivity contribution in [2.75, 3.05) is 5.32 Å². The van der Waals surface area contributed by atoms with Crippen LogP contribution in [0.2, 0.25) is 0 Å². The molecule has 1 amide bonds. The number of carbonyl (C=O) groups excluding carboxylic acids is 1. The summed E-state index contributed by atoms with van der Waals surface area (Å²) in [4.78, 5) is 12.7. The first-order valence-corrected chi connectivity index (χ1v) is 10.6. The summed E-state index contributed by atoms with van der Waals surface area (Å²) >= 11 is 1.44. The molecule has 0 aliphatic heterocycles. The Morgan fingerprint density at radius 2 is 1.93 bits per heavy atom. The minimum Gasteiger partial charge on any atom is -0.325 e. The number of hydrogen-bond donors (Lipinski definition) is 1. The van der Waals surface area contributed by atoms with Crippen molar-refractivity contribution in [1.29, 1.82) is 0 Å². The number of rotatable bonds is 6. The van der Waals surface area contributed by atoms with Gasteiger partial charge in [0.2, 0.25) is 5.91 Å². The molecule has 2 aromatic carbocycles. The highest BCUT2D eigenvalue weighted by molar-refractivity contribution is 8.00. The first-order valence-electron chi connectivity index (χ1n) is 9.73. The van der Waals surface area contributed by atoms with Gasteiger partial charge < -0.3 is 9.88 Å². The van der Waals surface area contributed by atoms with Gasteiger partial charge in [-0.2, -0.15) is 0 Å². The molecule has 144 valence electrons. The number of thioether (sulfide) groups is 1. The largest absolute Gasteiger partial charge is 0.325 e. The maximum atomic E-state index is 12.7. The molecule has 1 atom stereocenters. The van der Waals surface area contributed by atoms with Crippen LogP contribution in [0.4, 0.5) is 5.69 Å². The summed E-state index contributed by atoms with van der Waals surface area (Å²) in [6.45, 7) is 4.72. The molecule has 3 aromatic rings. The van der Waals surface area contributed by atoms with E-state index in [0.717, 1.165) is 41.6 Å². The predicted molar refractivity (Wildman–Crippen MR) is 114 cm³/mol. The lowest BCUT2D eigenvalue weighted by atomic mass is 10.1. The van der Waals surface area contributed by atoms with Crippen LogP contribution in [0.15, 0.2) is 53.7 Å². The Morgan fingerprint density at radius 1 is 1.14 bits per heavy atom.